The minimum atomic E-state index is -3.96. The molecule has 0 unspecified atom stereocenters. The van der Waals surface area contributed by atoms with Crippen molar-refractivity contribution < 1.29 is 13.3 Å². The fraction of sp³-hybridized carbons (Fsp3) is 0.500. The second-order valence-electron chi connectivity index (χ2n) is 5.12. The van der Waals surface area contributed by atoms with Gasteiger partial charge in [-0.25, -0.2) is 13.6 Å². The van der Waals surface area contributed by atoms with Gasteiger partial charge in [0.2, 0.25) is 10.0 Å². The monoisotopic (exact) mass is 314 g/mol. The Balaban J connectivity index is 2.34. The summed E-state index contributed by atoms with van der Waals surface area (Å²) in [4.78, 5) is 12.2. The Morgan fingerprint density at radius 2 is 1.95 bits per heavy atom. The summed E-state index contributed by atoms with van der Waals surface area (Å²) < 4.78 is 22.6. The topological polar surface area (TPSA) is 133 Å². The van der Waals surface area contributed by atoms with Gasteiger partial charge >= 0.3 is 0 Å². The van der Waals surface area contributed by atoms with Crippen molar-refractivity contribution in [3.63, 3.8) is 0 Å². The highest BCUT2D eigenvalue weighted by Gasteiger charge is 2.26. The van der Waals surface area contributed by atoms with Gasteiger partial charge < -0.3 is 10.6 Å². The smallest absolute Gasteiger partial charge is 0.293 e. The summed E-state index contributed by atoms with van der Waals surface area (Å²) in [7, 11) is -3.96. The molecule has 1 saturated heterocycles. The SMILES string of the molecule is NCC1CCN(c2ccc(S(N)(=O)=O)cc2[N+](=O)[O-])CC1. The largest absolute Gasteiger partial charge is 0.366 e. The fourth-order valence-corrected chi connectivity index (χ4v) is 3.04. The van der Waals surface area contributed by atoms with Crippen LogP contribution in [0.15, 0.2) is 23.1 Å². The Labute approximate surface area is 122 Å². The van der Waals surface area contributed by atoms with Gasteiger partial charge in [0.1, 0.15) is 5.69 Å². The molecule has 0 aliphatic carbocycles. The molecule has 0 spiro atoms. The number of nitro groups is 1. The molecule has 1 aliphatic rings. The number of hydrogen-bond acceptors (Lipinski definition) is 6. The van der Waals surface area contributed by atoms with Gasteiger partial charge in [0.05, 0.1) is 9.82 Å². The van der Waals surface area contributed by atoms with Crippen LogP contribution >= 0.6 is 0 Å². The van der Waals surface area contributed by atoms with Crippen molar-refractivity contribution in [2.24, 2.45) is 16.8 Å². The molecule has 2 rings (SSSR count). The summed E-state index contributed by atoms with van der Waals surface area (Å²) in [6, 6.07) is 3.76. The molecule has 0 radical (unpaired) electrons. The van der Waals surface area contributed by atoms with Crippen LogP contribution in [-0.2, 0) is 10.0 Å². The van der Waals surface area contributed by atoms with E-state index in [1.54, 1.807) is 0 Å². The van der Waals surface area contributed by atoms with Crippen molar-refractivity contribution in [3.05, 3.63) is 28.3 Å². The Kier molecular flexibility index (Phi) is 4.45. The molecule has 0 bridgehead atoms. The number of nitro benzene ring substituents is 1. The molecule has 1 aromatic rings. The lowest BCUT2D eigenvalue weighted by Crippen LogP contribution is -2.36. The van der Waals surface area contributed by atoms with Crippen LogP contribution in [0.1, 0.15) is 12.8 Å². The quantitative estimate of drug-likeness (QED) is 0.611. The zero-order chi connectivity index (χ0) is 15.6. The maximum Gasteiger partial charge on any atom is 0.293 e. The first-order valence-corrected chi connectivity index (χ1v) is 8.14. The summed E-state index contributed by atoms with van der Waals surface area (Å²) in [5.41, 5.74) is 5.80. The molecule has 1 aliphatic heterocycles. The highest BCUT2D eigenvalue weighted by Crippen LogP contribution is 2.33. The summed E-state index contributed by atoms with van der Waals surface area (Å²) in [6.45, 7) is 1.94. The predicted octanol–water partition coefficient (Wildman–Crippen LogP) is 0.417. The first-order chi connectivity index (χ1) is 9.82. The van der Waals surface area contributed by atoms with Gasteiger partial charge in [0, 0.05) is 19.2 Å². The minimum Gasteiger partial charge on any atom is -0.366 e. The second-order valence-corrected chi connectivity index (χ2v) is 6.68. The Hall–Kier alpha value is -1.71. The van der Waals surface area contributed by atoms with E-state index in [0.29, 0.717) is 31.2 Å². The van der Waals surface area contributed by atoms with E-state index in [2.05, 4.69) is 0 Å². The molecule has 1 fully saturated rings. The van der Waals surface area contributed by atoms with E-state index in [0.717, 1.165) is 18.9 Å². The van der Waals surface area contributed by atoms with E-state index in [4.69, 9.17) is 10.9 Å². The van der Waals surface area contributed by atoms with Crippen LogP contribution in [0.3, 0.4) is 0 Å². The predicted molar refractivity (Wildman–Crippen MR) is 78.5 cm³/mol. The van der Waals surface area contributed by atoms with Crippen LogP contribution in [0.25, 0.3) is 0 Å². The number of benzene rings is 1. The first kappa shape index (κ1) is 15.7. The number of hydrogen-bond donors (Lipinski definition) is 2. The Bertz CT molecular complexity index is 639. The van der Waals surface area contributed by atoms with Crippen LogP contribution in [-0.4, -0.2) is 33.0 Å². The summed E-state index contributed by atoms with van der Waals surface area (Å²) in [5.74, 6) is 0.434. The molecule has 0 atom stereocenters. The first-order valence-electron chi connectivity index (χ1n) is 6.59. The molecule has 0 aromatic heterocycles. The van der Waals surface area contributed by atoms with E-state index in [1.165, 1.54) is 12.1 Å². The highest BCUT2D eigenvalue weighted by molar-refractivity contribution is 7.89. The van der Waals surface area contributed by atoms with Gasteiger partial charge in [-0.1, -0.05) is 0 Å². The van der Waals surface area contributed by atoms with Gasteiger partial charge in [-0.2, -0.15) is 0 Å². The van der Waals surface area contributed by atoms with E-state index >= 15 is 0 Å². The van der Waals surface area contributed by atoms with Crippen LogP contribution in [0.2, 0.25) is 0 Å². The average Bonchev–Trinajstić information content (AvgIpc) is 2.45. The molecule has 116 valence electrons. The van der Waals surface area contributed by atoms with Crippen molar-refractivity contribution in [2.45, 2.75) is 17.7 Å². The summed E-state index contributed by atoms with van der Waals surface area (Å²) in [6.07, 6.45) is 1.73. The van der Waals surface area contributed by atoms with Crippen LogP contribution in [0.4, 0.5) is 11.4 Å². The molecule has 8 nitrogen and oxygen atoms in total. The normalized spacial score (nSPS) is 17.0. The fourth-order valence-electron chi connectivity index (χ4n) is 2.50. The number of primary sulfonamides is 1. The van der Waals surface area contributed by atoms with Gasteiger partial charge in [-0.15, -0.1) is 0 Å². The Morgan fingerprint density at radius 1 is 1.33 bits per heavy atom. The summed E-state index contributed by atoms with van der Waals surface area (Å²) >= 11 is 0. The van der Waals surface area contributed by atoms with Crippen molar-refractivity contribution in [1.82, 2.24) is 0 Å². The molecular weight excluding hydrogens is 296 g/mol. The number of rotatable bonds is 4. The number of nitrogens with zero attached hydrogens (tertiary/aromatic N) is 2. The zero-order valence-corrected chi connectivity index (χ0v) is 12.3. The van der Waals surface area contributed by atoms with Crippen LogP contribution in [0, 0.1) is 16.0 Å². The molecule has 0 saturated carbocycles. The third kappa shape index (κ3) is 3.49. The van der Waals surface area contributed by atoms with Crippen molar-refractivity contribution >= 4 is 21.4 Å². The number of nitrogens with two attached hydrogens (primary N) is 2. The molecule has 9 heteroatoms. The standard InChI is InChI=1S/C12H18N4O4S/c13-8-9-3-5-15(6-4-9)11-2-1-10(21(14,19)20)7-12(11)16(17)18/h1-2,7,9H,3-6,8,13H2,(H2,14,19,20). The van der Waals surface area contributed by atoms with E-state index in [1.807, 2.05) is 4.90 Å². The highest BCUT2D eigenvalue weighted by atomic mass is 32.2. The van der Waals surface area contributed by atoms with Crippen LogP contribution in [0.5, 0.6) is 0 Å². The average molecular weight is 314 g/mol. The molecular formula is C12H18N4O4S. The molecule has 21 heavy (non-hydrogen) atoms. The lowest BCUT2D eigenvalue weighted by Gasteiger charge is -2.32. The van der Waals surface area contributed by atoms with E-state index < -0.39 is 14.9 Å². The molecule has 4 N–H and O–H groups in total. The third-order valence-corrected chi connectivity index (χ3v) is 4.67. The lowest BCUT2D eigenvalue weighted by molar-refractivity contribution is -0.384. The van der Waals surface area contributed by atoms with Crippen LogP contribution < -0.4 is 15.8 Å². The number of piperidine rings is 1. The van der Waals surface area contributed by atoms with Gasteiger partial charge in [0.25, 0.3) is 5.69 Å². The van der Waals surface area contributed by atoms with Crippen molar-refractivity contribution in [2.75, 3.05) is 24.5 Å². The maximum atomic E-state index is 11.3. The molecule has 1 heterocycles. The van der Waals surface area contributed by atoms with Gasteiger partial charge in [-0.3, -0.25) is 10.1 Å². The maximum absolute atomic E-state index is 11.3. The van der Waals surface area contributed by atoms with Gasteiger partial charge in [0.15, 0.2) is 0 Å². The molecule has 1 aromatic carbocycles. The Morgan fingerprint density at radius 3 is 2.43 bits per heavy atom. The second kappa shape index (κ2) is 5.96. The number of anilines is 1. The molecule has 0 amide bonds. The third-order valence-electron chi connectivity index (χ3n) is 3.76. The number of sulfonamides is 1. The van der Waals surface area contributed by atoms with E-state index in [-0.39, 0.29) is 10.6 Å². The lowest BCUT2D eigenvalue weighted by atomic mass is 9.96. The van der Waals surface area contributed by atoms with E-state index in [9.17, 15) is 18.5 Å². The zero-order valence-electron chi connectivity index (χ0n) is 11.4. The minimum absolute atomic E-state index is 0.243. The van der Waals surface area contributed by atoms with Crippen molar-refractivity contribution in [3.8, 4) is 0 Å². The summed E-state index contributed by atoms with van der Waals surface area (Å²) in [5, 5.41) is 16.2. The van der Waals surface area contributed by atoms with Gasteiger partial charge in [-0.05, 0) is 37.4 Å². The van der Waals surface area contributed by atoms with Crippen molar-refractivity contribution in [1.29, 1.82) is 0 Å².